The van der Waals surface area contributed by atoms with Gasteiger partial charge in [-0.2, -0.15) is 0 Å². The molecule has 2 aromatic rings. The van der Waals surface area contributed by atoms with E-state index in [1.165, 1.54) is 12.8 Å². The number of hydrogen-bond donors (Lipinski definition) is 0. The third-order valence-corrected chi connectivity index (χ3v) is 4.21. The third-order valence-electron chi connectivity index (χ3n) is 3.94. The van der Waals surface area contributed by atoms with Gasteiger partial charge >= 0.3 is 0 Å². The number of fused-ring (bicyclic) bond motifs is 1. The van der Waals surface area contributed by atoms with Crippen molar-refractivity contribution in [3.63, 3.8) is 0 Å². The number of anilines is 1. The van der Waals surface area contributed by atoms with Crippen molar-refractivity contribution in [2.45, 2.75) is 31.7 Å². The van der Waals surface area contributed by atoms with E-state index >= 15 is 0 Å². The van der Waals surface area contributed by atoms with Crippen LogP contribution in [0.5, 0.6) is 0 Å². The van der Waals surface area contributed by atoms with Gasteiger partial charge in [-0.05, 0) is 31.7 Å². The van der Waals surface area contributed by atoms with Gasteiger partial charge in [0.05, 0.1) is 11.8 Å². The minimum atomic E-state index is 0.568. The number of aryl methyl sites for hydroxylation is 1. The Morgan fingerprint density at radius 2 is 2.32 bits per heavy atom. The number of imidazole rings is 1. The molecule has 4 nitrogen and oxygen atoms in total. The van der Waals surface area contributed by atoms with Crippen molar-refractivity contribution in [3.8, 4) is 0 Å². The zero-order valence-corrected chi connectivity index (χ0v) is 12.0. The Kier molecular flexibility index (Phi) is 3.60. The zero-order valence-electron chi connectivity index (χ0n) is 11.2. The summed E-state index contributed by atoms with van der Waals surface area (Å²) in [5.74, 6) is 1.78. The fraction of sp³-hybridized carbons (Fsp3) is 0.571. The first-order valence-electron chi connectivity index (χ1n) is 6.90. The summed E-state index contributed by atoms with van der Waals surface area (Å²) in [7, 11) is 2.02. The lowest BCUT2D eigenvalue weighted by Crippen LogP contribution is -2.30. The van der Waals surface area contributed by atoms with Crippen molar-refractivity contribution in [1.82, 2.24) is 14.5 Å². The maximum atomic E-state index is 5.82. The topological polar surface area (TPSA) is 34.0 Å². The Balaban J connectivity index is 1.94. The number of pyridine rings is 1. The van der Waals surface area contributed by atoms with Crippen LogP contribution < -0.4 is 4.90 Å². The second-order valence-electron chi connectivity index (χ2n) is 5.18. The van der Waals surface area contributed by atoms with Gasteiger partial charge in [0, 0.05) is 31.7 Å². The molecule has 1 atom stereocenters. The molecule has 0 bridgehead atoms. The molecule has 3 heterocycles. The van der Waals surface area contributed by atoms with E-state index in [2.05, 4.69) is 14.9 Å². The number of hydrogen-bond acceptors (Lipinski definition) is 3. The monoisotopic (exact) mass is 278 g/mol. The van der Waals surface area contributed by atoms with Gasteiger partial charge < -0.3 is 9.47 Å². The van der Waals surface area contributed by atoms with Crippen LogP contribution in [-0.4, -0.2) is 33.0 Å². The fourth-order valence-electron chi connectivity index (χ4n) is 2.99. The van der Waals surface area contributed by atoms with E-state index < -0.39 is 0 Å². The molecule has 3 rings (SSSR count). The van der Waals surface area contributed by atoms with Crippen molar-refractivity contribution >= 4 is 28.5 Å². The highest BCUT2D eigenvalue weighted by Gasteiger charge is 2.27. The minimum Gasteiger partial charge on any atom is -0.352 e. The molecule has 0 spiro atoms. The Labute approximate surface area is 118 Å². The van der Waals surface area contributed by atoms with Crippen LogP contribution in [0.1, 0.15) is 25.7 Å². The van der Waals surface area contributed by atoms with E-state index in [9.17, 15) is 0 Å². The van der Waals surface area contributed by atoms with E-state index in [0.717, 1.165) is 42.1 Å². The van der Waals surface area contributed by atoms with E-state index in [0.29, 0.717) is 6.04 Å². The van der Waals surface area contributed by atoms with Gasteiger partial charge in [-0.15, -0.1) is 11.6 Å². The molecular formula is C14H19ClN4. The summed E-state index contributed by atoms with van der Waals surface area (Å²) >= 11 is 5.82. The maximum Gasteiger partial charge on any atom is 0.156 e. The average Bonchev–Trinajstić information content (AvgIpc) is 3.03. The number of nitrogens with zero attached hydrogens (tertiary/aromatic N) is 4. The molecule has 2 aromatic heterocycles. The van der Waals surface area contributed by atoms with Crippen LogP contribution in [0.25, 0.3) is 11.0 Å². The lowest BCUT2D eigenvalue weighted by molar-refractivity contribution is 0.599. The largest absolute Gasteiger partial charge is 0.352 e. The molecule has 0 radical (unpaired) electrons. The molecule has 0 amide bonds. The number of halogens is 1. The molecule has 102 valence electrons. The lowest BCUT2D eigenvalue weighted by Gasteiger charge is -2.25. The molecule has 1 aliphatic heterocycles. The summed E-state index contributed by atoms with van der Waals surface area (Å²) in [5, 5.41) is 0. The summed E-state index contributed by atoms with van der Waals surface area (Å²) in [4.78, 5) is 11.5. The van der Waals surface area contributed by atoms with Crippen LogP contribution in [0, 0.1) is 0 Å². The number of rotatable bonds is 4. The molecule has 0 aliphatic carbocycles. The SMILES string of the molecule is Cn1cnc2c(N3CCCC3CCCCl)nccc21. The van der Waals surface area contributed by atoms with E-state index in [-0.39, 0.29) is 0 Å². The van der Waals surface area contributed by atoms with Gasteiger partial charge in [0.1, 0.15) is 5.52 Å². The third kappa shape index (κ3) is 2.29. The highest BCUT2D eigenvalue weighted by molar-refractivity contribution is 6.17. The summed E-state index contributed by atoms with van der Waals surface area (Å²) in [6.07, 6.45) is 8.44. The Hall–Kier alpha value is -1.29. The molecule has 1 unspecified atom stereocenters. The van der Waals surface area contributed by atoms with Crippen molar-refractivity contribution in [2.75, 3.05) is 17.3 Å². The molecule has 1 fully saturated rings. The first-order valence-corrected chi connectivity index (χ1v) is 7.43. The number of alkyl halides is 1. The first kappa shape index (κ1) is 12.7. The average molecular weight is 279 g/mol. The highest BCUT2D eigenvalue weighted by Crippen LogP contribution is 2.31. The van der Waals surface area contributed by atoms with Crippen molar-refractivity contribution in [3.05, 3.63) is 18.6 Å². The molecule has 0 N–H and O–H groups in total. The van der Waals surface area contributed by atoms with Crippen LogP contribution >= 0.6 is 11.6 Å². The van der Waals surface area contributed by atoms with E-state index in [1.54, 1.807) is 0 Å². The van der Waals surface area contributed by atoms with Crippen LogP contribution in [0.3, 0.4) is 0 Å². The fourth-order valence-corrected chi connectivity index (χ4v) is 3.14. The molecule has 1 saturated heterocycles. The molecule has 1 aliphatic rings. The van der Waals surface area contributed by atoms with Gasteiger partial charge in [-0.1, -0.05) is 0 Å². The van der Waals surface area contributed by atoms with Gasteiger partial charge in [0.2, 0.25) is 0 Å². The summed E-state index contributed by atoms with van der Waals surface area (Å²) in [5.41, 5.74) is 2.16. The standard InChI is InChI=1S/C14H19ClN4/c1-18-10-17-13-12(18)6-8-16-14(13)19-9-3-5-11(19)4-2-7-15/h6,8,10-11H,2-5,7,9H2,1H3. The first-order chi connectivity index (χ1) is 9.31. The van der Waals surface area contributed by atoms with Crippen LogP contribution in [-0.2, 0) is 7.05 Å². The summed E-state index contributed by atoms with van der Waals surface area (Å²) in [6, 6.07) is 2.59. The molecular weight excluding hydrogens is 260 g/mol. The number of aromatic nitrogens is 3. The second-order valence-corrected chi connectivity index (χ2v) is 5.56. The van der Waals surface area contributed by atoms with Gasteiger partial charge in [-0.25, -0.2) is 9.97 Å². The van der Waals surface area contributed by atoms with Crippen LogP contribution in [0.4, 0.5) is 5.82 Å². The lowest BCUT2D eigenvalue weighted by atomic mass is 10.1. The van der Waals surface area contributed by atoms with E-state index in [1.807, 2.05) is 30.2 Å². The smallest absolute Gasteiger partial charge is 0.156 e. The predicted octanol–water partition coefficient (Wildman–Crippen LogP) is 2.96. The zero-order chi connectivity index (χ0) is 13.2. The van der Waals surface area contributed by atoms with Crippen LogP contribution in [0.15, 0.2) is 18.6 Å². The predicted molar refractivity (Wildman–Crippen MR) is 78.8 cm³/mol. The quantitative estimate of drug-likeness (QED) is 0.807. The maximum absolute atomic E-state index is 5.82. The molecule has 5 heteroatoms. The second kappa shape index (κ2) is 5.37. The molecule has 0 aromatic carbocycles. The van der Waals surface area contributed by atoms with Crippen molar-refractivity contribution in [2.24, 2.45) is 7.05 Å². The Morgan fingerprint density at radius 3 is 3.16 bits per heavy atom. The Bertz CT molecular complexity index is 566. The molecule has 19 heavy (non-hydrogen) atoms. The van der Waals surface area contributed by atoms with Gasteiger partial charge in [-0.3, -0.25) is 0 Å². The minimum absolute atomic E-state index is 0.568. The molecule has 0 saturated carbocycles. The summed E-state index contributed by atoms with van der Waals surface area (Å²) in [6.45, 7) is 1.08. The van der Waals surface area contributed by atoms with Crippen molar-refractivity contribution in [1.29, 1.82) is 0 Å². The van der Waals surface area contributed by atoms with Crippen molar-refractivity contribution < 1.29 is 0 Å². The highest BCUT2D eigenvalue weighted by atomic mass is 35.5. The van der Waals surface area contributed by atoms with Gasteiger partial charge in [0.25, 0.3) is 0 Å². The van der Waals surface area contributed by atoms with E-state index in [4.69, 9.17) is 11.6 Å². The normalized spacial score (nSPS) is 19.5. The Morgan fingerprint density at radius 1 is 1.42 bits per heavy atom. The van der Waals surface area contributed by atoms with Crippen LogP contribution in [0.2, 0.25) is 0 Å². The van der Waals surface area contributed by atoms with Gasteiger partial charge in [0.15, 0.2) is 5.82 Å². The summed E-state index contributed by atoms with van der Waals surface area (Å²) < 4.78 is 2.05.